The molecule has 0 saturated heterocycles. The van der Waals surface area contributed by atoms with Gasteiger partial charge in [0.1, 0.15) is 6.61 Å². The molecule has 0 unspecified atom stereocenters. The van der Waals surface area contributed by atoms with Crippen molar-refractivity contribution >= 4 is 28.9 Å². The molecule has 0 saturated carbocycles. The Morgan fingerprint density at radius 1 is 1.44 bits per heavy atom. The van der Waals surface area contributed by atoms with Crippen LogP contribution in [0.15, 0.2) is 12.1 Å². The molecular weight excluding hydrogens is 255 g/mol. The molecule has 0 aliphatic carbocycles. The van der Waals surface area contributed by atoms with Crippen LogP contribution in [0.3, 0.4) is 0 Å². The summed E-state index contributed by atoms with van der Waals surface area (Å²) in [6.07, 6.45) is 0.136. The Hall–Kier alpha value is -1.51. The van der Waals surface area contributed by atoms with Gasteiger partial charge in [-0.25, -0.2) is 0 Å². The topological polar surface area (TPSA) is 76.2 Å². The van der Waals surface area contributed by atoms with Crippen LogP contribution in [0.1, 0.15) is 6.42 Å². The zero-order chi connectivity index (χ0) is 12.1. The molecule has 1 aromatic rings. The molecule has 1 aromatic carbocycles. The van der Waals surface area contributed by atoms with E-state index in [0.717, 1.165) is 6.07 Å². The summed E-state index contributed by atoms with van der Waals surface area (Å²) in [6.45, 7) is 0.0648. The van der Waals surface area contributed by atoms with Gasteiger partial charge in [-0.15, -0.1) is 0 Å². The van der Waals surface area contributed by atoms with E-state index < -0.39 is 4.92 Å². The number of hydrogen-bond acceptors (Lipinski definition) is 4. The van der Waals surface area contributed by atoms with Crippen LogP contribution in [0.5, 0.6) is 5.75 Å². The lowest BCUT2D eigenvalue weighted by Gasteiger charge is -2.05. The number of nitriles is 1. The van der Waals surface area contributed by atoms with Crippen molar-refractivity contribution in [2.24, 2.45) is 0 Å². The molecule has 0 aliphatic rings. The SMILES string of the molecule is N#CCCOc1cc(Cl)c(Cl)cc1[N+](=O)[O-]. The van der Waals surface area contributed by atoms with Gasteiger partial charge in [0.15, 0.2) is 5.75 Å². The Bertz CT molecular complexity index is 457. The summed E-state index contributed by atoms with van der Waals surface area (Å²) in [4.78, 5) is 10.1. The van der Waals surface area contributed by atoms with Gasteiger partial charge in [-0.2, -0.15) is 5.26 Å². The van der Waals surface area contributed by atoms with Gasteiger partial charge in [0, 0.05) is 12.1 Å². The van der Waals surface area contributed by atoms with Crippen molar-refractivity contribution in [2.45, 2.75) is 6.42 Å². The van der Waals surface area contributed by atoms with E-state index >= 15 is 0 Å². The first kappa shape index (κ1) is 12.6. The van der Waals surface area contributed by atoms with Crippen molar-refractivity contribution in [1.29, 1.82) is 5.26 Å². The third-order valence-electron chi connectivity index (χ3n) is 1.67. The quantitative estimate of drug-likeness (QED) is 0.473. The number of nitro groups is 1. The Morgan fingerprint density at radius 2 is 2.06 bits per heavy atom. The fourth-order valence-corrected chi connectivity index (χ4v) is 1.29. The number of ether oxygens (including phenoxy) is 1. The monoisotopic (exact) mass is 260 g/mol. The number of halogens is 2. The van der Waals surface area contributed by atoms with Crippen LogP contribution >= 0.6 is 23.2 Å². The van der Waals surface area contributed by atoms with Crippen molar-refractivity contribution in [3.63, 3.8) is 0 Å². The highest BCUT2D eigenvalue weighted by atomic mass is 35.5. The molecule has 0 radical (unpaired) electrons. The summed E-state index contributed by atoms with van der Waals surface area (Å²) >= 11 is 11.4. The van der Waals surface area contributed by atoms with Gasteiger partial charge in [-0.05, 0) is 0 Å². The highest BCUT2D eigenvalue weighted by molar-refractivity contribution is 6.42. The van der Waals surface area contributed by atoms with Gasteiger partial charge < -0.3 is 4.74 Å². The van der Waals surface area contributed by atoms with Gasteiger partial charge in [0.2, 0.25) is 0 Å². The molecule has 5 nitrogen and oxygen atoms in total. The van der Waals surface area contributed by atoms with Gasteiger partial charge in [-0.1, -0.05) is 23.2 Å². The van der Waals surface area contributed by atoms with Crippen LogP contribution < -0.4 is 4.74 Å². The third-order valence-corrected chi connectivity index (χ3v) is 2.39. The molecule has 84 valence electrons. The van der Waals surface area contributed by atoms with Crippen LogP contribution in [-0.2, 0) is 0 Å². The maximum Gasteiger partial charge on any atom is 0.312 e. The van der Waals surface area contributed by atoms with E-state index in [9.17, 15) is 10.1 Å². The molecule has 0 spiro atoms. The maximum absolute atomic E-state index is 10.7. The second-order valence-electron chi connectivity index (χ2n) is 2.75. The summed E-state index contributed by atoms with van der Waals surface area (Å²) in [5.74, 6) is 0.00894. The van der Waals surface area contributed by atoms with Gasteiger partial charge in [0.25, 0.3) is 0 Å². The number of nitro benzene ring substituents is 1. The summed E-state index contributed by atoms with van der Waals surface area (Å²) in [5, 5.41) is 19.2. The summed E-state index contributed by atoms with van der Waals surface area (Å²) in [5.41, 5.74) is -0.271. The molecule has 0 fully saturated rings. The number of rotatable bonds is 4. The van der Waals surface area contributed by atoms with E-state index in [1.54, 1.807) is 0 Å². The van der Waals surface area contributed by atoms with Crippen LogP contribution in [0.25, 0.3) is 0 Å². The molecule has 7 heteroatoms. The van der Waals surface area contributed by atoms with Crippen LogP contribution in [0, 0.1) is 21.4 Å². The summed E-state index contributed by atoms with van der Waals surface area (Å²) < 4.78 is 5.07. The highest BCUT2D eigenvalue weighted by Crippen LogP contribution is 2.35. The lowest BCUT2D eigenvalue weighted by molar-refractivity contribution is -0.385. The van der Waals surface area contributed by atoms with E-state index in [2.05, 4.69) is 0 Å². The molecule has 1 rings (SSSR count). The molecule has 0 aliphatic heterocycles. The Kier molecular flexibility index (Phi) is 4.35. The first-order valence-electron chi connectivity index (χ1n) is 4.19. The lowest BCUT2D eigenvalue weighted by atomic mass is 10.3. The van der Waals surface area contributed by atoms with E-state index in [4.69, 9.17) is 33.2 Å². The molecule has 0 aromatic heterocycles. The minimum Gasteiger partial charge on any atom is -0.486 e. The molecular formula is C9H6Cl2N2O3. The first-order chi connectivity index (χ1) is 7.56. The van der Waals surface area contributed by atoms with Crippen molar-refractivity contribution in [2.75, 3.05) is 6.61 Å². The minimum absolute atomic E-state index is 0.00894. The maximum atomic E-state index is 10.7. The molecule has 0 atom stereocenters. The Morgan fingerprint density at radius 3 is 2.62 bits per heavy atom. The van der Waals surface area contributed by atoms with E-state index in [1.807, 2.05) is 6.07 Å². The highest BCUT2D eigenvalue weighted by Gasteiger charge is 2.18. The zero-order valence-electron chi connectivity index (χ0n) is 7.94. The Labute approximate surface area is 101 Å². The predicted molar refractivity (Wildman–Crippen MR) is 58.8 cm³/mol. The van der Waals surface area contributed by atoms with Crippen molar-refractivity contribution < 1.29 is 9.66 Å². The largest absolute Gasteiger partial charge is 0.486 e. The van der Waals surface area contributed by atoms with E-state index in [1.165, 1.54) is 6.07 Å². The van der Waals surface area contributed by atoms with Crippen LogP contribution in [0.4, 0.5) is 5.69 Å². The van der Waals surface area contributed by atoms with Crippen LogP contribution in [-0.4, -0.2) is 11.5 Å². The van der Waals surface area contributed by atoms with Crippen molar-refractivity contribution in [3.05, 3.63) is 32.3 Å². The van der Waals surface area contributed by atoms with Crippen molar-refractivity contribution in [1.82, 2.24) is 0 Å². The Balaban J connectivity index is 3.01. The molecule has 0 bridgehead atoms. The fourth-order valence-electron chi connectivity index (χ4n) is 0.983. The molecule has 0 heterocycles. The molecule has 16 heavy (non-hydrogen) atoms. The second kappa shape index (κ2) is 5.54. The minimum atomic E-state index is -0.621. The van der Waals surface area contributed by atoms with Gasteiger partial charge >= 0.3 is 5.69 Å². The standard InChI is InChI=1S/C9H6Cl2N2O3/c10-6-4-8(13(14)15)9(5-7(6)11)16-3-1-2-12/h4-5H,1,3H2. The van der Waals surface area contributed by atoms with Gasteiger partial charge in [0.05, 0.1) is 27.5 Å². The van der Waals surface area contributed by atoms with Crippen molar-refractivity contribution in [3.8, 4) is 11.8 Å². The first-order valence-corrected chi connectivity index (χ1v) is 4.95. The van der Waals surface area contributed by atoms with Gasteiger partial charge in [-0.3, -0.25) is 10.1 Å². The zero-order valence-corrected chi connectivity index (χ0v) is 9.46. The third kappa shape index (κ3) is 2.99. The number of nitrogens with zero attached hydrogens (tertiary/aromatic N) is 2. The summed E-state index contributed by atoms with van der Waals surface area (Å²) in [6, 6.07) is 4.24. The average molecular weight is 261 g/mol. The number of hydrogen-bond donors (Lipinski definition) is 0. The smallest absolute Gasteiger partial charge is 0.312 e. The second-order valence-corrected chi connectivity index (χ2v) is 3.56. The van der Waals surface area contributed by atoms with E-state index in [0.29, 0.717) is 0 Å². The van der Waals surface area contributed by atoms with Crippen LogP contribution in [0.2, 0.25) is 10.0 Å². The number of benzene rings is 1. The normalized spacial score (nSPS) is 9.56. The molecule has 0 amide bonds. The summed E-state index contributed by atoms with van der Waals surface area (Å²) in [7, 11) is 0. The lowest BCUT2D eigenvalue weighted by Crippen LogP contribution is -2.00. The van der Waals surface area contributed by atoms with E-state index in [-0.39, 0.29) is 34.5 Å². The average Bonchev–Trinajstić information content (AvgIpc) is 2.23. The molecule has 0 N–H and O–H groups in total. The predicted octanol–water partition coefficient (Wildman–Crippen LogP) is 3.19. The fraction of sp³-hybridized carbons (Fsp3) is 0.222.